The molecule has 0 aromatic heterocycles. The molecule has 0 spiro atoms. The summed E-state index contributed by atoms with van der Waals surface area (Å²) in [7, 11) is 1.85. The zero-order valence-electron chi connectivity index (χ0n) is 21.4. The van der Waals surface area contributed by atoms with Crippen molar-refractivity contribution in [3.63, 3.8) is 0 Å². The molecule has 9 nitrogen and oxygen atoms in total. The minimum Gasteiger partial charge on any atom is -0.484 e. The molecule has 1 N–H and O–H groups in total. The Morgan fingerprint density at radius 3 is 2.26 bits per heavy atom. The molecular formula is C29H32N4O5. The summed E-state index contributed by atoms with van der Waals surface area (Å²) in [5.74, 6) is -0.478. The monoisotopic (exact) mass is 516 g/mol. The Hall–Kier alpha value is -4.53. The van der Waals surface area contributed by atoms with Crippen molar-refractivity contribution in [1.29, 1.82) is 0 Å². The van der Waals surface area contributed by atoms with E-state index in [9.17, 15) is 19.5 Å². The summed E-state index contributed by atoms with van der Waals surface area (Å²) < 4.78 is 5.72. The highest BCUT2D eigenvalue weighted by atomic mass is 16.5. The van der Waals surface area contributed by atoms with Gasteiger partial charge in [-0.1, -0.05) is 24.3 Å². The van der Waals surface area contributed by atoms with Crippen molar-refractivity contribution < 1.29 is 24.2 Å². The highest BCUT2D eigenvalue weighted by molar-refractivity contribution is 5.88. The molecule has 1 heterocycles. The van der Waals surface area contributed by atoms with Crippen LogP contribution in [0.25, 0.3) is 0 Å². The Balaban J connectivity index is 1.24. The summed E-state index contributed by atoms with van der Waals surface area (Å²) in [5.41, 5.74) is 2.83. The van der Waals surface area contributed by atoms with Gasteiger partial charge >= 0.3 is 5.97 Å². The van der Waals surface area contributed by atoms with Gasteiger partial charge in [-0.3, -0.25) is 9.59 Å². The second-order valence-electron chi connectivity index (χ2n) is 9.06. The Labute approximate surface area is 222 Å². The number of hydrogen-bond donors (Lipinski definition) is 1. The number of carboxylic acids is 1. The predicted octanol–water partition coefficient (Wildman–Crippen LogP) is 3.21. The summed E-state index contributed by atoms with van der Waals surface area (Å²) in [6.07, 6.45) is 0.760. The Bertz CT molecular complexity index is 1230. The maximum atomic E-state index is 12.7. The van der Waals surface area contributed by atoms with Crippen LogP contribution in [0.2, 0.25) is 0 Å². The number of likely N-dealkylation sites (N-methyl/N-ethyl adjacent to an activating group) is 1. The van der Waals surface area contributed by atoms with Gasteiger partial charge in [-0.05, 0) is 54.6 Å². The SMILES string of the molecule is CN(CCN(C=O)c1ccc(OCC(=O)N2CCN(c3ccccc3)CC2)cc1)c1cccc(C(=O)O)c1. The third-order valence-corrected chi connectivity index (χ3v) is 6.62. The summed E-state index contributed by atoms with van der Waals surface area (Å²) in [6, 6.07) is 23.9. The van der Waals surface area contributed by atoms with Gasteiger partial charge in [-0.2, -0.15) is 0 Å². The molecule has 0 unspecified atom stereocenters. The van der Waals surface area contributed by atoms with Crippen LogP contribution < -0.4 is 19.4 Å². The number of amides is 2. The molecule has 3 aromatic rings. The van der Waals surface area contributed by atoms with Gasteiger partial charge in [0, 0.05) is 63.4 Å². The van der Waals surface area contributed by atoms with Crippen LogP contribution >= 0.6 is 0 Å². The number of hydrogen-bond acceptors (Lipinski definition) is 6. The van der Waals surface area contributed by atoms with Crippen LogP contribution in [-0.2, 0) is 9.59 Å². The average molecular weight is 517 g/mol. The molecular weight excluding hydrogens is 484 g/mol. The lowest BCUT2D eigenvalue weighted by Gasteiger charge is -2.36. The third-order valence-electron chi connectivity index (χ3n) is 6.62. The summed E-state index contributed by atoms with van der Waals surface area (Å²) in [6.45, 7) is 3.75. The quantitative estimate of drug-likeness (QED) is 0.391. The first-order valence-corrected chi connectivity index (χ1v) is 12.5. The molecule has 3 aromatic carbocycles. The number of carbonyl (C=O) groups excluding carboxylic acids is 2. The number of benzene rings is 3. The fourth-order valence-electron chi connectivity index (χ4n) is 4.33. The topological polar surface area (TPSA) is 93.6 Å². The van der Waals surface area contributed by atoms with Crippen LogP contribution in [0.1, 0.15) is 10.4 Å². The molecule has 38 heavy (non-hydrogen) atoms. The van der Waals surface area contributed by atoms with Gasteiger partial charge in [0.15, 0.2) is 6.61 Å². The van der Waals surface area contributed by atoms with Crippen molar-refractivity contribution in [2.75, 3.05) is 67.6 Å². The van der Waals surface area contributed by atoms with Crippen molar-refractivity contribution in [3.05, 3.63) is 84.4 Å². The Morgan fingerprint density at radius 2 is 1.61 bits per heavy atom. The maximum Gasteiger partial charge on any atom is 0.335 e. The summed E-state index contributed by atoms with van der Waals surface area (Å²) >= 11 is 0. The molecule has 9 heteroatoms. The largest absolute Gasteiger partial charge is 0.484 e. The number of piperazine rings is 1. The van der Waals surface area contributed by atoms with Gasteiger partial charge in [0.2, 0.25) is 6.41 Å². The minimum atomic E-state index is -0.982. The van der Waals surface area contributed by atoms with E-state index in [1.807, 2.05) is 41.1 Å². The second-order valence-corrected chi connectivity index (χ2v) is 9.06. The molecule has 1 fully saturated rings. The minimum absolute atomic E-state index is 0.0394. The first-order chi connectivity index (χ1) is 18.4. The smallest absolute Gasteiger partial charge is 0.335 e. The van der Waals surface area contributed by atoms with E-state index in [1.54, 1.807) is 47.4 Å². The van der Waals surface area contributed by atoms with Crippen LogP contribution in [0.5, 0.6) is 5.75 Å². The van der Waals surface area contributed by atoms with E-state index in [2.05, 4.69) is 17.0 Å². The van der Waals surface area contributed by atoms with E-state index in [4.69, 9.17) is 4.74 Å². The molecule has 1 saturated heterocycles. The standard InChI is InChI=1S/C29H32N4O5/c1-30(26-9-5-6-23(20-26)29(36)37)14-15-33(22-34)25-10-12-27(13-11-25)38-21-28(35)32-18-16-31(17-19-32)24-7-3-2-4-8-24/h2-13,20,22H,14-19,21H2,1H3,(H,36,37). The van der Waals surface area contributed by atoms with Crippen molar-refractivity contribution >= 4 is 35.3 Å². The Morgan fingerprint density at radius 1 is 0.895 bits per heavy atom. The number of para-hydroxylation sites is 1. The van der Waals surface area contributed by atoms with Crippen LogP contribution in [0.15, 0.2) is 78.9 Å². The molecule has 2 amide bonds. The molecule has 0 radical (unpaired) electrons. The third kappa shape index (κ3) is 6.82. The molecule has 0 aliphatic carbocycles. The normalized spacial score (nSPS) is 13.1. The van der Waals surface area contributed by atoms with E-state index < -0.39 is 5.97 Å². The van der Waals surface area contributed by atoms with Gasteiger partial charge in [0.05, 0.1) is 5.56 Å². The van der Waals surface area contributed by atoms with Crippen molar-refractivity contribution in [1.82, 2.24) is 4.90 Å². The van der Waals surface area contributed by atoms with Crippen LogP contribution in [0.3, 0.4) is 0 Å². The van der Waals surface area contributed by atoms with Gasteiger partial charge in [-0.25, -0.2) is 4.79 Å². The molecule has 1 aliphatic rings. The van der Waals surface area contributed by atoms with Crippen molar-refractivity contribution in [3.8, 4) is 5.75 Å². The summed E-state index contributed by atoms with van der Waals surface area (Å²) in [5, 5.41) is 9.20. The zero-order chi connectivity index (χ0) is 26.9. The van der Waals surface area contributed by atoms with Gasteiger partial charge < -0.3 is 29.4 Å². The molecule has 198 valence electrons. The molecule has 0 atom stereocenters. The van der Waals surface area contributed by atoms with Crippen LogP contribution in [0, 0.1) is 0 Å². The van der Waals surface area contributed by atoms with Crippen LogP contribution in [-0.4, -0.2) is 81.2 Å². The first kappa shape index (κ1) is 26.5. The molecule has 1 aliphatic heterocycles. The van der Waals surface area contributed by atoms with E-state index >= 15 is 0 Å². The van der Waals surface area contributed by atoms with E-state index in [1.165, 1.54) is 5.69 Å². The zero-order valence-corrected chi connectivity index (χ0v) is 21.4. The van der Waals surface area contributed by atoms with E-state index in [0.717, 1.165) is 25.2 Å². The predicted molar refractivity (Wildman–Crippen MR) is 147 cm³/mol. The lowest BCUT2D eigenvalue weighted by atomic mass is 10.2. The van der Waals surface area contributed by atoms with E-state index in [0.29, 0.717) is 37.6 Å². The first-order valence-electron chi connectivity index (χ1n) is 12.5. The number of anilines is 3. The lowest BCUT2D eigenvalue weighted by molar-refractivity contribution is -0.133. The fraction of sp³-hybridized carbons (Fsp3) is 0.276. The lowest BCUT2D eigenvalue weighted by Crippen LogP contribution is -2.50. The second kappa shape index (κ2) is 12.6. The van der Waals surface area contributed by atoms with Gasteiger partial charge in [0.1, 0.15) is 5.75 Å². The van der Waals surface area contributed by atoms with E-state index in [-0.39, 0.29) is 18.1 Å². The number of ether oxygens (including phenoxy) is 1. The molecule has 0 saturated carbocycles. The maximum absolute atomic E-state index is 12.7. The highest BCUT2D eigenvalue weighted by Crippen LogP contribution is 2.20. The van der Waals surface area contributed by atoms with Gasteiger partial charge in [0.25, 0.3) is 5.91 Å². The van der Waals surface area contributed by atoms with Crippen molar-refractivity contribution in [2.24, 2.45) is 0 Å². The van der Waals surface area contributed by atoms with Crippen molar-refractivity contribution in [2.45, 2.75) is 0 Å². The fourth-order valence-corrected chi connectivity index (χ4v) is 4.33. The van der Waals surface area contributed by atoms with Crippen LogP contribution in [0.4, 0.5) is 17.1 Å². The number of aromatic carboxylic acids is 1. The summed E-state index contributed by atoms with van der Waals surface area (Å²) in [4.78, 5) is 43.2. The number of carboxylic acid groups (broad SMARTS) is 1. The number of rotatable bonds is 11. The number of nitrogens with zero attached hydrogens (tertiary/aromatic N) is 4. The van der Waals surface area contributed by atoms with Gasteiger partial charge in [-0.15, -0.1) is 0 Å². The molecule has 0 bridgehead atoms. The molecule has 4 rings (SSSR count). The number of carbonyl (C=O) groups is 3. The highest BCUT2D eigenvalue weighted by Gasteiger charge is 2.21. The Kier molecular flexibility index (Phi) is 8.81. The average Bonchev–Trinajstić information content (AvgIpc) is 2.97.